The molecule has 0 fully saturated rings. The maximum Gasteiger partial charge on any atom is 0.235 e. The van der Waals surface area contributed by atoms with Gasteiger partial charge in [0.05, 0.1) is 6.07 Å². The van der Waals surface area contributed by atoms with Crippen molar-refractivity contribution in [2.75, 3.05) is 0 Å². The average molecular weight is 126 g/mol. The van der Waals surface area contributed by atoms with Gasteiger partial charge < -0.3 is 5.73 Å². The number of carbonyl (C=O) groups excluding carboxylic acids is 1. The highest BCUT2D eigenvalue weighted by molar-refractivity contribution is 5.79. The molecule has 0 aromatic heterocycles. The molecule has 0 saturated heterocycles. The fraction of sp³-hybridized carbons (Fsp3) is 0.667. The maximum atomic E-state index is 10.4. The molecule has 3 heteroatoms. The van der Waals surface area contributed by atoms with Crippen molar-refractivity contribution in [3.8, 4) is 6.07 Å². The first kappa shape index (κ1) is 7.96. The van der Waals surface area contributed by atoms with Gasteiger partial charge in [-0.15, -0.1) is 0 Å². The molecule has 0 heterocycles. The molecule has 0 aromatic rings. The Hall–Kier alpha value is -1.04. The van der Waals surface area contributed by atoms with Gasteiger partial charge in [0, 0.05) is 0 Å². The van der Waals surface area contributed by atoms with Gasteiger partial charge in [-0.2, -0.15) is 5.26 Å². The van der Waals surface area contributed by atoms with Crippen LogP contribution in [0.25, 0.3) is 0 Å². The van der Waals surface area contributed by atoms with Crippen LogP contribution >= 0.6 is 0 Å². The summed E-state index contributed by atoms with van der Waals surface area (Å²) >= 11 is 0. The van der Waals surface area contributed by atoms with Crippen LogP contribution in [0, 0.1) is 23.2 Å². The van der Waals surface area contributed by atoms with Gasteiger partial charge in [0.25, 0.3) is 0 Å². The number of rotatable bonds is 2. The van der Waals surface area contributed by atoms with Gasteiger partial charge in [0.1, 0.15) is 5.92 Å². The molecule has 1 amide bonds. The lowest BCUT2D eigenvalue weighted by Gasteiger charge is -2.06. The smallest absolute Gasteiger partial charge is 0.235 e. The van der Waals surface area contributed by atoms with Crippen molar-refractivity contribution in [2.24, 2.45) is 17.6 Å². The van der Waals surface area contributed by atoms with Crippen LogP contribution < -0.4 is 5.73 Å². The van der Waals surface area contributed by atoms with E-state index in [2.05, 4.69) is 0 Å². The molecule has 0 radical (unpaired) electrons. The number of carbonyl (C=O) groups is 1. The van der Waals surface area contributed by atoms with Crippen molar-refractivity contribution < 1.29 is 4.79 Å². The van der Waals surface area contributed by atoms with E-state index in [1.165, 1.54) is 0 Å². The third-order valence-corrected chi connectivity index (χ3v) is 1.11. The van der Waals surface area contributed by atoms with Gasteiger partial charge >= 0.3 is 0 Å². The van der Waals surface area contributed by atoms with E-state index in [1.807, 2.05) is 6.07 Å². The number of nitriles is 1. The summed E-state index contributed by atoms with van der Waals surface area (Å²) in [6, 6.07) is 1.83. The molecule has 0 aliphatic heterocycles. The van der Waals surface area contributed by atoms with Gasteiger partial charge in [0.15, 0.2) is 0 Å². The molecule has 9 heavy (non-hydrogen) atoms. The SMILES string of the molecule is CC(C)[C@@H](C#N)C(N)=O. The number of hydrogen-bond donors (Lipinski definition) is 1. The largest absolute Gasteiger partial charge is 0.369 e. The Morgan fingerprint density at radius 1 is 1.67 bits per heavy atom. The zero-order chi connectivity index (χ0) is 7.44. The topological polar surface area (TPSA) is 66.9 Å². The van der Waals surface area contributed by atoms with Gasteiger partial charge in [-0.05, 0) is 5.92 Å². The number of nitrogens with zero attached hydrogens (tertiary/aromatic N) is 1. The Bertz CT molecular complexity index is 146. The summed E-state index contributed by atoms with van der Waals surface area (Å²) in [7, 11) is 0. The Labute approximate surface area is 54.5 Å². The lowest BCUT2D eigenvalue weighted by Crippen LogP contribution is -2.25. The van der Waals surface area contributed by atoms with Crippen molar-refractivity contribution in [1.82, 2.24) is 0 Å². The molecule has 1 atom stereocenters. The second-order valence-electron chi connectivity index (χ2n) is 2.25. The second-order valence-corrected chi connectivity index (χ2v) is 2.25. The van der Waals surface area contributed by atoms with E-state index in [-0.39, 0.29) is 5.92 Å². The molecule has 0 spiro atoms. The Morgan fingerprint density at radius 3 is 2.11 bits per heavy atom. The Balaban J connectivity index is 4.04. The molecule has 50 valence electrons. The zero-order valence-corrected chi connectivity index (χ0v) is 5.59. The van der Waals surface area contributed by atoms with E-state index >= 15 is 0 Å². The van der Waals surface area contributed by atoms with E-state index in [4.69, 9.17) is 11.0 Å². The van der Waals surface area contributed by atoms with Crippen LogP contribution in [0.4, 0.5) is 0 Å². The van der Waals surface area contributed by atoms with Crippen molar-refractivity contribution in [2.45, 2.75) is 13.8 Å². The van der Waals surface area contributed by atoms with Gasteiger partial charge in [-0.3, -0.25) is 4.79 Å². The third-order valence-electron chi connectivity index (χ3n) is 1.11. The van der Waals surface area contributed by atoms with E-state index in [0.717, 1.165) is 0 Å². The van der Waals surface area contributed by atoms with Crippen LogP contribution in [0.3, 0.4) is 0 Å². The molecule has 0 saturated carbocycles. The molecule has 0 bridgehead atoms. The van der Waals surface area contributed by atoms with Crippen LogP contribution in [0.1, 0.15) is 13.8 Å². The molecule has 2 N–H and O–H groups in total. The predicted octanol–water partition coefficient (Wildman–Crippen LogP) is 0.267. The van der Waals surface area contributed by atoms with Crippen molar-refractivity contribution in [3.05, 3.63) is 0 Å². The number of hydrogen-bond acceptors (Lipinski definition) is 2. The maximum absolute atomic E-state index is 10.4. The average Bonchev–Trinajstić information content (AvgIpc) is 1.64. The summed E-state index contributed by atoms with van der Waals surface area (Å²) in [5, 5.41) is 8.32. The number of nitrogens with two attached hydrogens (primary N) is 1. The summed E-state index contributed by atoms with van der Waals surface area (Å²) in [6.45, 7) is 3.58. The number of primary amides is 1. The summed E-state index contributed by atoms with van der Waals surface area (Å²) in [4.78, 5) is 10.4. The van der Waals surface area contributed by atoms with Crippen LogP contribution in [-0.2, 0) is 4.79 Å². The summed E-state index contributed by atoms with van der Waals surface area (Å²) in [5.74, 6) is -1.15. The van der Waals surface area contributed by atoms with Crippen LogP contribution in [0.2, 0.25) is 0 Å². The van der Waals surface area contributed by atoms with E-state index in [1.54, 1.807) is 13.8 Å². The summed E-state index contributed by atoms with van der Waals surface area (Å²) in [5.41, 5.74) is 4.89. The predicted molar refractivity (Wildman–Crippen MR) is 33.1 cm³/mol. The number of amides is 1. The highest BCUT2D eigenvalue weighted by atomic mass is 16.1. The van der Waals surface area contributed by atoms with E-state index < -0.39 is 11.8 Å². The first-order valence-electron chi connectivity index (χ1n) is 2.78. The molecule has 3 nitrogen and oxygen atoms in total. The van der Waals surface area contributed by atoms with Crippen LogP contribution in [-0.4, -0.2) is 5.91 Å². The van der Waals surface area contributed by atoms with E-state index in [9.17, 15) is 4.79 Å². The molecule has 0 aromatic carbocycles. The molecule has 0 aliphatic rings. The van der Waals surface area contributed by atoms with Gasteiger partial charge in [0.2, 0.25) is 5.91 Å². The van der Waals surface area contributed by atoms with Crippen LogP contribution in [0.5, 0.6) is 0 Å². The summed E-state index contributed by atoms with van der Waals surface area (Å²) < 4.78 is 0. The highest BCUT2D eigenvalue weighted by Gasteiger charge is 2.17. The monoisotopic (exact) mass is 126 g/mol. The normalized spacial score (nSPS) is 12.7. The quantitative estimate of drug-likeness (QED) is 0.577. The second kappa shape index (κ2) is 3.08. The Kier molecular flexibility index (Phi) is 2.72. The van der Waals surface area contributed by atoms with Crippen molar-refractivity contribution in [3.63, 3.8) is 0 Å². The highest BCUT2D eigenvalue weighted by Crippen LogP contribution is 2.07. The Morgan fingerprint density at radius 2 is 2.11 bits per heavy atom. The first-order chi connectivity index (χ1) is 4.09. The van der Waals surface area contributed by atoms with Gasteiger partial charge in [-0.1, -0.05) is 13.8 Å². The first-order valence-corrected chi connectivity index (χ1v) is 2.78. The third kappa shape index (κ3) is 2.13. The van der Waals surface area contributed by atoms with Crippen molar-refractivity contribution in [1.29, 1.82) is 5.26 Å². The van der Waals surface area contributed by atoms with Crippen molar-refractivity contribution >= 4 is 5.91 Å². The molecule has 0 rings (SSSR count). The summed E-state index contributed by atoms with van der Waals surface area (Å²) in [6.07, 6.45) is 0. The minimum absolute atomic E-state index is 0.0208. The molecular weight excluding hydrogens is 116 g/mol. The van der Waals surface area contributed by atoms with Crippen LogP contribution in [0.15, 0.2) is 0 Å². The molecule has 0 aliphatic carbocycles. The molecular formula is C6H10N2O. The molecule has 0 unspecified atom stereocenters. The lowest BCUT2D eigenvalue weighted by atomic mass is 9.97. The fourth-order valence-corrected chi connectivity index (χ4v) is 0.541. The van der Waals surface area contributed by atoms with Gasteiger partial charge in [-0.25, -0.2) is 0 Å². The van der Waals surface area contributed by atoms with E-state index in [0.29, 0.717) is 0 Å². The fourth-order valence-electron chi connectivity index (χ4n) is 0.541. The lowest BCUT2D eigenvalue weighted by molar-refractivity contribution is -0.121. The zero-order valence-electron chi connectivity index (χ0n) is 5.59. The minimum Gasteiger partial charge on any atom is -0.369 e. The standard InChI is InChI=1S/C6H10N2O/c1-4(2)5(3-7)6(8)9/h4-5H,1-2H3,(H2,8,9)/t5-/m1/s1. The minimum atomic E-state index is -0.634.